The summed E-state index contributed by atoms with van der Waals surface area (Å²) in [5.74, 6) is 0.431. The highest BCUT2D eigenvalue weighted by Crippen LogP contribution is 2.34. The lowest BCUT2D eigenvalue weighted by Gasteiger charge is -2.34. The topological polar surface area (TPSA) is 20.2 Å². The highest BCUT2D eigenvalue weighted by Gasteiger charge is 2.31. The van der Waals surface area contributed by atoms with Crippen molar-refractivity contribution in [2.75, 3.05) is 0 Å². The molecule has 2 atom stereocenters. The number of hydrogen-bond acceptors (Lipinski definition) is 1. The second kappa shape index (κ2) is 8.58. The highest BCUT2D eigenvalue weighted by atomic mass is 16.3. The number of hydrogen-bond donors (Lipinski definition) is 1. The van der Waals surface area contributed by atoms with Crippen molar-refractivity contribution < 1.29 is 5.11 Å². The second-order valence-corrected chi connectivity index (χ2v) is 7.29. The smallest absolute Gasteiger partial charge is 0.0653 e. The van der Waals surface area contributed by atoms with Crippen molar-refractivity contribution in [2.45, 2.75) is 85.2 Å². The molecule has 0 amide bonds. The summed E-state index contributed by atoms with van der Waals surface area (Å²) >= 11 is 0. The van der Waals surface area contributed by atoms with E-state index in [2.05, 4.69) is 45.9 Å². The quantitative estimate of drug-likeness (QED) is 0.574. The number of allylic oxidation sites excluding steroid dienone is 6. The van der Waals surface area contributed by atoms with E-state index in [0.717, 1.165) is 44.9 Å². The first-order valence-corrected chi connectivity index (χ1v) is 8.48. The summed E-state index contributed by atoms with van der Waals surface area (Å²) in [6.45, 7) is 10.7. The van der Waals surface area contributed by atoms with Crippen molar-refractivity contribution >= 4 is 0 Å². The van der Waals surface area contributed by atoms with Crippen LogP contribution in [0.15, 0.2) is 34.9 Å². The molecule has 1 heteroatoms. The fourth-order valence-corrected chi connectivity index (χ4v) is 3.04. The molecule has 1 rings (SSSR count). The van der Waals surface area contributed by atoms with Gasteiger partial charge in [0.15, 0.2) is 0 Å². The van der Waals surface area contributed by atoms with Crippen LogP contribution in [0.1, 0.15) is 79.6 Å². The summed E-state index contributed by atoms with van der Waals surface area (Å²) in [5.41, 5.74) is 3.81. The first kappa shape index (κ1) is 18.2. The lowest BCUT2D eigenvalue weighted by molar-refractivity contribution is -0.0122. The largest absolute Gasteiger partial charge is 0.390 e. The standard InChI is InChI=1S/C20H34O/c1-16(2)8-6-9-17(3)10-7-15-20(5,21)19-13-11-18(4)12-14-19/h8,10-11,19,21H,6-7,9,12-15H2,1-5H3. The molecule has 21 heavy (non-hydrogen) atoms. The molecule has 0 aliphatic heterocycles. The van der Waals surface area contributed by atoms with Crippen LogP contribution in [0.3, 0.4) is 0 Å². The van der Waals surface area contributed by atoms with Crippen molar-refractivity contribution in [1.29, 1.82) is 0 Å². The van der Waals surface area contributed by atoms with Crippen LogP contribution >= 0.6 is 0 Å². The third kappa shape index (κ3) is 7.13. The maximum atomic E-state index is 10.7. The summed E-state index contributed by atoms with van der Waals surface area (Å²) in [6, 6.07) is 0. The van der Waals surface area contributed by atoms with Crippen LogP contribution in [0.4, 0.5) is 0 Å². The Balaban J connectivity index is 2.37. The van der Waals surface area contributed by atoms with Crippen LogP contribution in [0, 0.1) is 5.92 Å². The van der Waals surface area contributed by atoms with Crippen LogP contribution in [-0.2, 0) is 0 Å². The average Bonchev–Trinajstić information content (AvgIpc) is 2.38. The Kier molecular flexibility index (Phi) is 7.45. The fourth-order valence-electron chi connectivity index (χ4n) is 3.04. The summed E-state index contributed by atoms with van der Waals surface area (Å²) in [4.78, 5) is 0. The Labute approximate surface area is 131 Å². The molecular weight excluding hydrogens is 256 g/mol. The molecule has 1 aliphatic rings. The predicted molar refractivity (Wildman–Crippen MR) is 93.4 cm³/mol. The highest BCUT2D eigenvalue weighted by molar-refractivity contribution is 5.07. The van der Waals surface area contributed by atoms with Crippen LogP contribution in [0.25, 0.3) is 0 Å². The van der Waals surface area contributed by atoms with E-state index >= 15 is 0 Å². The van der Waals surface area contributed by atoms with E-state index in [4.69, 9.17) is 0 Å². The van der Waals surface area contributed by atoms with Gasteiger partial charge in [0, 0.05) is 0 Å². The number of rotatable bonds is 7. The van der Waals surface area contributed by atoms with Crippen molar-refractivity contribution in [1.82, 2.24) is 0 Å². The zero-order valence-electron chi connectivity index (χ0n) is 14.7. The van der Waals surface area contributed by atoms with Gasteiger partial charge in [-0.1, -0.05) is 34.9 Å². The van der Waals surface area contributed by atoms with Crippen LogP contribution in [0.5, 0.6) is 0 Å². The van der Waals surface area contributed by atoms with Gasteiger partial charge in [0.1, 0.15) is 0 Å². The second-order valence-electron chi connectivity index (χ2n) is 7.29. The lowest BCUT2D eigenvalue weighted by Crippen LogP contribution is -2.35. The molecule has 2 unspecified atom stereocenters. The Hall–Kier alpha value is -0.820. The molecule has 0 aromatic rings. The van der Waals surface area contributed by atoms with E-state index in [1.165, 1.54) is 16.7 Å². The summed E-state index contributed by atoms with van der Waals surface area (Å²) < 4.78 is 0. The molecule has 0 radical (unpaired) electrons. The van der Waals surface area contributed by atoms with E-state index in [0.29, 0.717) is 5.92 Å². The SMILES string of the molecule is CC(C)=CCCC(C)=CCCC(C)(O)C1CC=C(C)CC1. The molecule has 1 nitrogen and oxygen atoms in total. The van der Waals surface area contributed by atoms with E-state index in [9.17, 15) is 5.11 Å². The molecule has 0 spiro atoms. The average molecular weight is 290 g/mol. The van der Waals surface area contributed by atoms with E-state index in [1.54, 1.807) is 0 Å². The molecule has 0 aromatic carbocycles. The normalized spacial score (nSPS) is 22.5. The van der Waals surface area contributed by atoms with E-state index in [1.807, 2.05) is 6.92 Å². The predicted octanol–water partition coefficient (Wildman–Crippen LogP) is 5.96. The van der Waals surface area contributed by atoms with Crippen molar-refractivity contribution in [3.05, 3.63) is 34.9 Å². The zero-order chi connectivity index (χ0) is 15.9. The summed E-state index contributed by atoms with van der Waals surface area (Å²) in [7, 11) is 0. The molecule has 0 saturated carbocycles. The monoisotopic (exact) mass is 290 g/mol. The Morgan fingerprint density at radius 3 is 2.57 bits per heavy atom. The summed E-state index contributed by atoms with van der Waals surface area (Å²) in [6.07, 6.45) is 14.4. The van der Waals surface area contributed by atoms with Gasteiger partial charge >= 0.3 is 0 Å². The molecule has 1 aliphatic carbocycles. The van der Waals surface area contributed by atoms with Gasteiger partial charge in [0.25, 0.3) is 0 Å². The van der Waals surface area contributed by atoms with Crippen LogP contribution in [0.2, 0.25) is 0 Å². The van der Waals surface area contributed by atoms with E-state index in [-0.39, 0.29) is 0 Å². The van der Waals surface area contributed by atoms with Gasteiger partial charge in [-0.25, -0.2) is 0 Å². The fraction of sp³-hybridized carbons (Fsp3) is 0.700. The first-order valence-electron chi connectivity index (χ1n) is 8.48. The molecule has 0 bridgehead atoms. The van der Waals surface area contributed by atoms with Gasteiger partial charge in [-0.15, -0.1) is 0 Å². The Morgan fingerprint density at radius 2 is 2.00 bits per heavy atom. The van der Waals surface area contributed by atoms with Gasteiger partial charge in [0.05, 0.1) is 5.60 Å². The van der Waals surface area contributed by atoms with Gasteiger partial charge in [-0.3, -0.25) is 0 Å². The minimum Gasteiger partial charge on any atom is -0.390 e. The van der Waals surface area contributed by atoms with Gasteiger partial charge in [-0.05, 0) is 85.5 Å². The minimum absolute atomic E-state index is 0.431. The van der Waals surface area contributed by atoms with Crippen molar-refractivity contribution in [3.8, 4) is 0 Å². The Bertz CT molecular complexity index is 406. The third-order valence-corrected chi connectivity index (χ3v) is 4.75. The molecule has 0 heterocycles. The molecule has 120 valence electrons. The Morgan fingerprint density at radius 1 is 1.29 bits per heavy atom. The van der Waals surface area contributed by atoms with Gasteiger partial charge in [-0.2, -0.15) is 0 Å². The molecule has 1 N–H and O–H groups in total. The first-order chi connectivity index (χ1) is 9.81. The molecule has 0 fully saturated rings. The molecule has 0 saturated heterocycles. The van der Waals surface area contributed by atoms with Gasteiger partial charge in [0.2, 0.25) is 0 Å². The van der Waals surface area contributed by atoms with Gasteiger partial charge < -0.3 is 5.11 Å². The van der Waals surface area contributed by atoms with Crippen LogP contribution in [-0.4, -0.2) is 10.7 Å². The molecule has 0 aromatic heterocycles. The third-order valence-electron chi connectivity index (χ3n) is 4.75. The molecular formula is C20H34O. The zero-order valence-corrected chi connectivity index (χ0v) is 14.7. The van der Waals surface area contributed by atoms with E-state index < -0.39 is 5.60 Å². The maximum Gasteiger partial charge on any atom is 0.0653 e. The number of aliphatic hydroxyl groups is 1. The minimum atomic E-state index is -0.520. The van der Waals surface area contributed by atoms with Crippen LogP contribution < -0.4 is 0 Å². The maximum absolute atomic E-state index is 10.7. The van der Waals surface area contributed by atoms with Crippen molar-refractivity contribution in [3.63, 3.8) is 0 Å². The lowest BCUT2D eigenvalue weighted by atomic mass is 9.76. The summed E-state index contributed by atoms with van der Waals surface area (Å²) in [5, 5.41) is 10.7. The van der Waals surface area contributed by atoms with Crippen molar-refractivity contribution in [2.24, 2.45) is 5.92 Å².